The van der Waals surface area contributed by atoms with Gasteiger partial charge >= 0.3 is 0 Å². The summed E-state index contributed by atoms with van der Waals surface area (Å²) >= 11 is 5.02. The molecule has 1 heterocycles. The van der Waals surface area contributed by atoms with E-state index >= 15 is 0 Å². The van der Waals surface area contributed by atoms with E-state index in [1.807, 2.05) is 19.1 Å². The number of nitrogens with zero attached hydrogens (tertiary/aromatic N) is 2. The fourth-order valence-electron chi connectivity index (χ4n) is 1.50. The number of rotatable bonds is 4. The lowest BCUT2D eigenvalue weighted by Gasteiger charge is -2.19. The molecule has 0 aliphatic rings. The molecule has 6 heteroatoms. The molecule has 1 aromatic heterocycles. The summed E-state index contributed by atoms with van der Waals surface area (Å²) < 4.78 is 1.06. The quantitative estimate of drug-likeness (QED) is 0.852. The third-order valence-corrected chi connectivity index (χ3v) is 4.21. The van der Waals surface area contributed by atoms with Gasteiger partial charge < -0.3 is 5.73 Å². The number of H-pyrrole nitrogens is 1. The summed E-state index contributed by atoms with van der Waals surface area (Å²) in [6.07, 6.45) is 1.50. The van der Waals surface area contributed by atoms with Crippen LogP contribution in [0, 0.1) is 0 Å². The van der Waals surface area contributed by atoms with Crippen LogP contribution in [0.3, 0.4) is 0 Å². The number of halogens is 1. The average Bonchev–Trinajstić information content (AvgIpc) is 2.80. The van der Waals surface area contributed by atoms with Crippen LogP contribution in [0.4, 0.5) is 0 Å². The van der Waals surface area contributed by atoms with Gasteiger partial charge in [0.05, 0.1) is 5.25 Å². The average molecular weight is 313 g/mol. The van der Waals surface area contributed by atoms with Crippen molar-refractivity contribution in [3.8, 4) is 0 Å². The van der Waals surface area contributed by atoms with E-state index < -0.39 is 0 Å². The lowest BCUT2D eigenvalue weighted by Crippen LogP contribution is -2.22. The van der Waals surface area contributed by atoms with E-state index in [1.54, 1.807) is 11.8 Å². The fourth-order valence-corrected chi connectivity index (χ4v) is 2.73. The first-order chi connectivity index (χ1) is 8.16. The molecule has 2 atom stereocenters. The van der Waals surface area contributed by atoms with E-state index in [2.05, 4.69) is 43.2 Å². The molecule has 2 aromatic rings. The summed E-state index contributed by atoms with van der Waals surface area (Å²) in [4.78, 5) is 4.11. The van der Waals surface area contributed by atoms with Crippen LogP contribution >= 0.6 is 27.7 Å². The summed E-state index contributed by atoms with van der Waals surface area (Å²) in [7, 11) is 0. The summed E-state index contributed by atoms with van der Waals surface area (Å²) in [6.45, 7) is 2.00. The Morgan fingerprint density at radius 1 is 1.35 bits per heavy atom. The molecule has 0 amide bonds. The normalized spacial score (nSPS) is 14.5. The van der Waals surface area contributed by atoms with Gasteiger partial charge in [-0.25, -0.2) is 4.98 Å². The zero-order chi connectivity index (χ0) is 12.3. The predicted octanol–water partition coefficient (Wildman–Crippen LogP) is 2.75. The third-order valence-electron chi connectivity index (χ3n) is 2.31. The summed E-state index contributed by atoms with van der Waals surface area (Å²) in [5.74, 6) is 0. The van der Waals surface area contributed by atoms with Crippen molar-refractivity contribution in [3.63, 3.8) is 0 Å². The Morgan fingerprint density at radius 3 is 2.59 bits per heavy atom. The van der Waals surface area contributed by atoms with Gasteiger partial charge in [0.1, 0.15) is 6.33 Å². The molecule has 1 aromatic carbocycles. The molecule has 2 unspecified atom stereocenters. The number of aromatic amines is 1. The van der Waals surface area contributed by atoms with E-state index in [-0.39, 0.29) is 11.3 Å². The third kappa shape index (κ3) is 3.31. The van der Waals surface area contributed by atoms with E-state index in [1.165, 1.54) is 11.9 Å². The standard InChI is InChI=1S/C11H13BrN4S/c1-7(13)10(17-11-14-6-15-16-11)8-2-4-9(12)5-3-8/h2-7,10H,13H2,1H3,(H,14,15,16). The molecule has 0 saturated heterocycles. The predicted molar refractivity (Wildman–Crippen MR) is 72.8 cm³/mol. The van der Waals surface area contributed by atoms with Crippen molar-refractivity contribution in [2.75, 3.05) is 0 Å². The Bertz CT molecular complexity index is 455. The van der Waals surface area contributed by atoms with Crippen LogP contribution in [0.2, 0.25) is 0 Å². The molecular weight excluding hydrogens is 300 g/mol. The molecule has 0 spiro atoms. The van der Waals surface area contributed by atoms with Crippen molar-refractivity contribution in [2.45, 2.75) is 23.4 Å². The number of hydrogen-bond donors (Lipinski definition) is 2. The number of nitrogens with two attached hydrogens (primary N) is 1. The summed E-state index contributed by atoms with van der Waals surface area (Å²) in [6, 6.07) is 8.21. The highest BCUT2D eigenvalue weighted by Crippen LogP contribution is 2.35. The molecular formula is C11H13BrN4S. The van der Waals surface area contributed by atoms with Crippen LogP contribution in [-0.2, 0) is 0 Å². The first kappa shape index (κ1) is 12.6. The number of aromatic nitrogens is 3. The minimum absolute atomic E-state index is 0.0336. The molecule has 0 bridgehead atoms. The fraction of sp³-hybridized carbons (Fsp3) is 0.273. The second kappa shape index (κ2) is 5.66. The Kier molecular flexibility index (Phi) is 4.20. The van der Waals surface area contributed by atoms with Crippen LogP contribution in [0.25, 0.3) is 0 Å². The molecule has 0 aliphatic carbocycles. The topological polar surface area (TPSA) is 67.6 Å². The van der Waals surface area contributed by atoms with Gasteiger partial charge in [0.25, 0.3) is 0 Å². The number of hydrogen-bond acceptors (Lipinski definition) is 4. The molecule has 0 radical (unpaired) electrons. The smallest absolute Gasteiger partial charge is 0.184 e. The highest BCUT2D eigenvalue weighted by atomic mass is 79.9. The second-order valence-corrected chi connectivity index (χ2v) is 5.79. The molecule has 90 valence electrons. The Balaban J connectivity index is 2.20. The number of thioether (sulfide) groups is 1. The summed E-state index contributed by atoms with van der Waals surface area (Å²) in [5, 5.41) is 7.63. The zero-order valence-corrected chi connectivity index (χ0v) is 11.7. The van der Waals surface area contributed by atoms with E-state index in [9.17, 15) is 0 Å². The minimum atomic E-state index is 0.0336. The Hall–Kier alpha value is -0.850. The Morgan fingerprint density at radius 2 is 2.06 bits per heavy atom. The van der Waals surface area contributed by atoms with Crippen molar-refractivity contribution >= 4 is 27.7 Å². The van der Waals surface area contributed by atoms with Gasteiger partial charge in [-0.15, -0.1) is 0 Å². The molecule has 2 rings (SSSR count). The lowest BCUT2D eigenvalue weighted by molar-refractivity contribution is 0.718. The van der Waals surface area contributed by atoms with Crippen LogP contribution in [-0.4, -0.2) is 21.2 Å². The van der Waals surface area contributed by atoms with Crippen LogP contribution in [0.1, 0.15) is 17.7 Å². The van der Waals surface area contributed by atoms with Crippen molar-refractivity contribution in [1.29, 1.82) is 0 Å². The maximum absolute atomic E-state index is 6.03. The van der Waals surface area contributed by atoms with E-state index in [0.717, 1.165) is 9.63 Å². The monoisotopic (exact) mass is 312 g/mol. The maximum atomic E-state index is 6.03. The highest BCUT2D eigenvalue weighted by molar-refractivity contribution is 9.10. The number of benzene rings is 1. The van der Waals surface area contributed by atoms with Crippen molar-refractivity contribution in [2.24, 2.45) is 5.73 Å². The first-order valence-electron chi connectivity index (χ1n) is 5.20. The van der Waals surface area contributed by atoms with Crippen LogP contribution in [0.5, 0.6) is 0 Å². The van der Waals surface area contributed by atoms with Gasteiger partial charge in [-0.05, 0) is 24.6 Å². The zero-order valence-electron chi connectivity index (χ0n) is 9.30. The van der Waals surface area contributed by atoms with Crippen LogP contribution in [0.15, 0.2) is 40.2 Å². The van der Waals surface area contributed by atoms with Crippen molar-refractivity contribution in [1.82, 2.24) is 15.2 Å². The van der Waals surface area contributed by atoms with E-state index in [4.69, 9.17) is 5.73 Å². The molecule has 3 N–H and O–H groups in total. The van der Waals surface area contributed by atoms with Crippen molar-refractivity contribution < 1.29 is 0 Å². The van der Waals surface area contributed by atoms with E-state index in [0.29, 0.717) is 0 Å². The maximum Gasteiger partial charge on any atom is 0.184 e. The minimum Gasteiger partial charge on any atom is -0.327 e. The van der Waals surface area contributed by atoms with Gasteiger partial charge in [0.15, 0.2) is 5.16 Å². The molecule has 0 fully saturated rings. The SMILES string of the molecule is CC(N)C(Sc1ncn[nH]1)c1ccc(Br)cc1. The van der Waals surface area contributed by atoms with Gasteiger partial charge in [-0.3, -0.25) is 5.10 Å². The lowest BCUT2D eigenvalue weighted by atomic mass is 10.1. The first-order valence-corrected chi connectivity index (χ1v) is 6.87. The molecule has 0 aliphatic heterocycles. The largest absolute Gasteiger partial charge is 0.327 e. The van der Waals surface area contributed by atoms with Gasteiger partial charge in [0, 0.05) is 10.5 Å². The highest BCUT2D eigenvalue weighted by Gasteiger charge is 2.18. The molecule has 17 heavy (non-hydrogen) atoms. The van der Waals surface area contributed by atoms with Gasteiger partial charge in [-0.2, -0.15) is 5.10 Å². The molecule has 4 nitrogen and oxygen atoms in total. The van der Waals surface area contributed by atoms with Crippen LogP contribution < -0.4 is 5.73 Å². The summed E-state index contributed by atoms with van der Waals surface area (Å²) in [5.41, 5.74) is 7.21. The van der Waals surface area contributed by atoms with Crippen molar-refractivity contribution in [3.05, 3.63) is 40.6 Å². The second-order valence-electron chi connectivity index (χ2n) is 3.74. The van der Waals surface area contributed by atoms with Gasteiger partial charge in [0.2, 0.25) is 0 Å². The Labute approximate surface area is 113 Å². The number of nitrogens with one attached hydrogen (secondary N) is 1. The van der Waals surface area contributed by atoms with Gasteiger partial charge in [-0.1, -0.05) is 39.8 Å². The molecule has 0 saturated carbocycles.